The van der Waals surface area contributed by atoms with Gasteiger partial charge in [-0.1, -0.05) is 39.5 Å². The normalized spacial score (nSPS) is 18.8. The maximum atomic E-state index is 12.1. The van der Waals surface area contributed by atoms with Gasteiger partial charge in [-0.15, -0.1) is 0 Å². The van der Waals surface area contributed by atoms with Gasteiger partial charge in [-0.05, 0) is 32.2 Å². The van der Waals surface area contributed by atoms with E-state index < -0.39 is 0 Å². The molecule has 20 heavy (non-hydrogen) atoms. The largest absolute Gasteiger partial charge is 0.355 e. The van der Waals surface area contributed by atoms with Crippen LogP contribution in [0.4, 0.5) is 0 Å². The van der Waals surface area contributed by atoms with Crippen LogP contribution in [0.25, 0.3) is 0 Å². The van der Waals surface area contributed by atoms with Gasteiger partial charge >= 0.3 is 0 Å². The smallest absolute Gasteiger partial charge is 0.234 e. The topological polar surface area (TPSA) is 58.4 Å². The van der Waals surface area contributed by atoms with Crippen molar-refractivity contribution in [2.45, 2.75) is 70.8 Å². The summed E-state index contributed by atoms with van der Waals surface area (Å²) in [7, 11) is 0. The molecule has 0 aliphatic heterocycles. The van der Waals surface area contributed by atoms with Crippen LogP contribution in [0.1, 0.15) is 65.2 Å². The van der Waals surface area contributed by atoms with Gasteiger partial charge in [-0.3, -0.25) is 9.69 Å². The Hall–Kier alpha value is -0.610. The molecule has 0 aromatic rings. The molecule has 0 unspecified atom stereocenters. The van der Waals surface area contributed by atoms with E-state index in [1.807, 2.05) is 0 Å². The molecule has 0 aromatic carbocycles. The summed E-state index contributed by atoms with van der Waals surface area (Å²) in [5.74, 6) is 0.150. The number of hydrogen-bond donors (Lipinski definition) is 2. The van der Waals surface area contributed by atoms with Crippen molar-refractivity contribution in [3.05, 3.63) is 0 Å². The van der Waals surface area contributed by atoms with Gasteiger partial charge in [0.1, 0.15) is 0 Å². The van der Waals surface area contributed by atoms with Gasteiger partial charge < -0.3 is 11.1 Å². The Morgan fingerprint density at radius 1 is 1.15 bits per heavy atom. The molecular weight excluding hydrogens is 250 g/mol. The number of nitrogens with zero attached hydrogens (tertiary/aromatic N) is 1. The third kappa shape index (κ3) is 5.06. The Balaban J connectivity index is 2.71. The van der Waals surface area contributed by atoms with Gasteiger partial charge in [-0.2, -0.15) is 0 Å². The monoisotopic (exact) mass is 283 g/mol. The first-order chi connectivity index (χ1) is 9.68. The van der Waals surface area contributed by atoms with Gasteiger partial charge in [0.25, 0.3) is 0 Å². The van der Waals surface area contributed by atoms with Crippen LogP contribution in [0.2, 0.25) is 0 Å². The van der Waals surface area contributed by atoms with Gasteiger partial charge in [-0.25, -0.2) is 0 Å². The molecule has 0 spiro atoms. The van der Waals surface area contributed by atoms with E-state index in [-0.39, 0.29) is 11.4 Å². The van der Waals surface area contributed by atoms with E-state index in [0.717, 1.165) is 38.8 Å². The molecular formula is C16H33N3O. The standard InChI is InChI=1S/C16H33N3O/c1-3-11-18-15(20)13-19(12-4-2)16(14-17)9-7-5-6-8-10-16/h3-14,17H2,1-2H3,(H,18,20). The van der Waals surface area contributed by atoms with E-state index in [1.54, 1.807) is 0 Å². The minimum absolute atomic E-state index is 0.0517. The molecule has 0 saturated heterocycles. The van der Waals surface area contributed by atoms with Crippen LogP contribution in [0.15, 0.2) is 0 Å². The van der Waals surface area contributed by atoms with Crippen LogP contribution in [-0.2, 0) is 4.79 Å². The molecule has 1 rings (SSSR count). The van der Waals surface area contributed by atoms with Gasteiger partial charge in [0, 0.05) is 18.6 Å². The number of nitrogens with one attached hydrogen (secondary N) is 1. The fourth-order valence-corrected chi connectivity index (χ4v) is 3.28. The number of carbonyl (C=O) groups is 1. The lowest BCUT2D eigenvalue weighted by Gasteiger charge is -2.43. The summed E-state index contributed by atoms with van der Waals surface area (Å²) in [5, 5.41) is 3.00. The third-order valence-corrected chi connectivity index (χ3v) is 4.49. The summed E-state index contributed by atoms with van der Waals surface area (Å²) in [6.07, 6.45) is 9.45. The molecule has 118 valence electrons. The summed E-state index contributed by atoms with van der Waals surface area (Å²) in [5.41, 5.74) is 6.19. The summed E-state index contributed by atoms with van der Waals surface area (Å²) < 4.78 is 0. The molecule has 0 heterocycles. The molecule has 4 heteroatoms. The van der Waals surface area contributed by atoms with Crippen LogP contribution in [0.5, 0.6) is 0 Å². The fraction of sp³-hybridized carbons (Fsp3) is 0.938. The average Bonchev–Trinajstić information content (AvgIpc) is 2.71. The van der Waals surface area contributed by atoms with Crippen molar-refractivity contribution >= 4 is 5.91 Å². The van der Waals surface area contributed by atoms with Crippen LogP contribution >= 0.6 is 0 Å². The lowest BCUT2D eigenvalue weighted by molar-refractivity contribution is -0.124. The summed E-state index contributed by atoms with van der Waals surface area (Å²) >= 11 is 0. The second kappa shape index (κ2) is 9.35. The highest BCUT2D eigenvalue weighted by Crippen LogP contribution is 2.31. The quantitative estimate of drug-likeness (QED) is 0.672. The van der Waals surface area contributed by atoms with Gasteiger partial charge in [0.15, 0.2) is 0 Å². The van der Waals surface area contributed by atoms with Crippen LogP contribution in [0, 0.1) is 0 Å². The number of carbonyl (C=O) groups excluding carboxylic acids is 1. The van der Waals surface area contributed by atoms with E-state index >= 15 is 0 Å². The molecule has 0 bridgehead atoms. The minimum atomic E-state index is 0.0517. The predicted octanol–water partition coefficient (Wildman–Crippen LogP) is 2.28. The first-order valence-corrected chi connectivity index (χ1v) is 8.40. The predicted molar refractivity (Wildman–Crippen MR) is 84.7 cm³/mol. The molecule has 1 amide bonds. The molecule has 0 radical (unpaired) electrons. The van der Waals surface area contributed by atoms with Crippen molar-refractivity contribution in [3.63, 3.8) is 0 Å². The first kappa shape index (κ1) is 17.4. The van der Waals surface area contributed by atoms with E-state index in [0.29, 0.717) is 13.1 Å². The second-order valence-corrected chi connectivity index (χ2v) is 6.11. The van der Waals surface area contributed by atoms with Crippen molar-refractivity contribution in [1.82, 2.24) is 10.2 Å². The van der Waals surface area contributed by atoms with E-state index in [4.69, 9.17) is 5.73 Å². The van der Waals surface area contributed by atoms with E-state index in [9.17, 15) is 4.79 Å². The maximum Gasteiger partial charge on any atom is 0.234 e. The molecule has 0 aromatic heterocycles. The average molecular weight is 283 g/mol. The van der Waals surface area contributed by atoms with Gasteiger partial charge in [0.05, 0.1) is 6.54 Å². The zero-order valence-electron chi connectivity index (χ0n) is 13.4. The zero-order chi connectivity index (χ0) is 14.8. The molecule has 1 aliphatic carbocycles. The summed E-state index contributed by atoms with van der Waals surface area (Å²) in [6.45, 7) is 7.18. The van der Waals surface area contributed by atoms with Crippen molar-refractivity contribution in [3.8, 4) is 0 Å². The lowest BCUT2D eigenvalue weighted by atomic mass is 9.87. The number of amides is 1. The van der Waals surface area contributed by atoms with Crippen LogP contribution < -0.4 is 11.1 Å². The second-order valence-electron chi connectivity index (χ2n) is 6.11. The zero-order valence-corrected chi connectivity index (χ0v) is 13.4. The van der Waals surface area contributed by atoms with Crippen LogP contribution in [-0.4, -0.2) is 42.5 Å². The SMILES string of the molecule is CCCNC(=O)CN(CCC)C1(CN)CCCCCC1. The molecule has 1 saturated carbocycles. The minimum Gasteiger partial charge on any atom is -0.355 e. The Morgan fingerprint density at radius 3 is 2.30 bits per heavy atom. The molecule has 0 atom stereocenters. The van der Waals surface area contributed by atoms with Gasteiger partial charge in [0.2, 0.25) is 5.91 Å². The summed E-state index contributed by atoms with van der Waals surface area (Å²) in [4.78, 5) is 14.4. The van der Waals surface area contributed by atoms with Crippen molar-refractivity contribution < 1.29 is 4.79 Å². The van der Waals surface area contributed by atoms with E-state index in [1.165, 1.54) is 25.7 Å². The molecule has 1 fully saturated rings. The molecule has 4 nitrogen and oxygen atoms in total. The maximum absolute atomic E-state index is 12.1. The Kier molecular flexibility index (Phi) is 8.15. The number of rotatable bonds is 8. The highest BCUT2D eigenvalue weighted by Gasteiger charge is 2.36. The van der Waals surface area contributed by atoms with Crippen molar-refractivity contribution in [1.29, 1.82) is 0 Å². The van der Waals surface area contributed by atoms with Crippen molar-refractivity contribution in [2.24, 2.45) is 5.73 Å². The third-order valence-electron chi connectivity index (χ3n) is 4.49. The van der Waals surface area contributed by atoms with Crippen LogP contribution in [0.3, 0.4) is 0 Å². The van der Waals surface area contributed by atoms with E-state index in [2.05, 4.69) is 24.1 Å². The molecule has 3 N–H and O–H groups in total. The summed E-state index contributed by atoms with van der Waals surface area (Å²) in [6, 6.07) is 0. The van der Waals surface area contributed by atoms with Crippen molar-refractivity contribution in [2.75, 3.05) is 26.2 Å². The fourth-order valence-electron chi connectivity index (χ4n) is 3.28. The Labute approximate surface area is 124 Å². The highest BCUT2D eigenvalue weighted by molar-refractivity contribution is 5.78. The Morgan fingerprint density at radius 2 is 1.80 bits per heavy atom. The Bertz CT molecular complexity index is 273. The molecule has 1 aliphatic rings. The number of nitrogens with two attached hydrogens (primary N) is 1. The lowest BCUT2D eigenvalue weighted by Crippen LogP contribution is -2.56. The first-order valence-electron chi connectivity index (χ1n) is 8.40. The highest BCUT2D eigenvalue weighted by atomic mass is 16.2. The number of hydrogen-bond acceptors (Lipinski definition) is 3.